The van der Waals surface area contributed by atoms with E-state index in [-0.39, 0.29) is 36.1 Å². The fourth-order valence-electron chi connectivity index (χ4n) is 5.33. The van der Waals surface area contributed by atoms with Crippen LogP contribution in [0.4, 0.5) is 10.1 Å². The minimum absolute atomic E-state index is 0.00848. The van der Waals surface area contributed by atoms with Crippen LogP contribution in [0.15, 0.2) is 72.9 Å². The van der Waals surface area contributed by atoms with Crippen LogP contribution in [0, 0.1) is 11.7 Å². The lowest BCUT2D eigenvalue weighted by Gasteiger charge is -2.27. The van der Waals surface area contributed by atoms with Gasteiger partial charge in [0.1, 0.15) is 11.5 Å². The van der Waals surface area contributed by atoms with Gasteiger partial charge in [0, 0.05) is 42.0 Å². The molecule has 1 fully saturated rings. The Morgan fingerprint density at radius 3 is 2.50 bits per heavy atom. The number of rotatable bonds is 13. The Morgan fingerprint density at radius 1 is 1.07 bits per heavy atom. The molecule has 10 heteroatoms. The molecule has 234 valence electrons. The molecule has 9 nitrogen and oxygen atoms in total. The van der Waals surface area contributed by atoms with Gasteiger partial charge in [0.05, 0.1) is 18.8 Å². The van der Waals surface area contributed by atoms with Crippen LogP contribution in [-0.4, -0.2) is 65.0 Å². The molecule has 0 radical (unpaired) electrons. The van der Waals surface area contributed by atoms with Gasteiger partial charge >= 0.3 is 0 Å². The number of amides is 3. The Kier molecular flexibility index (Phi) is 11.6. The molecule has 0 aliphatic carbocycles. The number of pyridine rings is 1. The second-order valence-corrected chi connectivity index (χ2v) is 11.7. The molecule has 4 atom stereocenters. The highest BCUT2D eigenvalue weighted by Crippen LogP contribution is 2.22. The van der Waals surface area contributed by atoms with Crippen LogP contribution in [0.5, 0.6) is 0 Å². The Hall–Kier alpha value is -4.15. The zero-order chi connectivity index (χ0) is 31.6. The first-order valence-corrected chi connectivity index (χ1v) is 15.2. The average molecular weight is 604 g/mol. The number of anilines is 1. The first-order valence-electron chi connectivity index (χ1n) is 15.2. The summed E-state index contributed by atoms with van der Waals surface area (Å²) in [6.45, 7) is 6.80. The molecule has 1 aliphatic rings. The van der Waals surface area contributed by atoms with Crippen molar-refractivity contribution in [1.29, 1.82) is 0 Å². The number of ether oxygens (including phenoxy) is 1. The van der Waals surface area contributed by atoms with E-state index in [1.54, 1.807) is 13.0 Å². The topological polar surface area (TPSA) is 127 Å². The van der Waals surface area contributed by atoms with Crippen LogP contribution in [0.25, 0.3) is 0 Å². The highest BCUT2D eigenvalue weighted by atomic mass is 19.1. The average Bonchev–Trinajstić information content (AvgIpc) is 3.49. The number of halogens is 1. The van der Waals surface area contributed by atoms with Crippen LogP contribution < -0.4 is 16.4 Å². The van der Waals surface area contributed by atoms with Crippen molar-refractivity contribution in [3.63, 3.8) is 0 Å². The number of aromatic nitrogens is 1. The lowest BCUT2D eigenvalue weighted by atomic mass is 9.92. The van der Waals surface area contributed by atoms with Crippen LogP contribution in [0.3, 0.4) is 0 Å². The molecule has 0 saturated carbocycles. The van der Waals surface area contributed by atoms with E-state index in [1.165, 1.54) is 36.5 Å². The SMILES string of the molecule is CC(C)OC[C@H]1CCCN1C(=O)c1ccnc(C(=O)N[C@@H](Cc2ccccc2)[C@@H](N)C[C@@H](C)C(=O)Nc2ccc(F)cc2)c1. The van der Waals surface area contributed by atoms with Crippen LogP contribution in [0.2, 0.25) is 0 Å². The van der Waals surface area contributed by atoms with Gasteiger partial charge in [-0.3, -0.25) is 19.4 Å². The summed E-state index contributed by atoms with van der Waals surface area (Å²) < 4.78 is 19.0. The maximum atomic E-state index is 13.5. The van der Waals surface area contributed by atoms with Crippen LogP contribution in [-0.2, 0) is 16.0 Å². The molecule has 4 N–H and O–H groups in total. The number of likely N-dealkylation sites (tertiary alicyclic amines) is 1. The predicted molar refractivity (Wildman–Crippen MR) is 168 cm³/mol. The number of nitrogens with zero attached hydrogens (tertiary/aromatic N) is 2. The second-order valence-electron chi connectivity index (χ2n) is 11.7. The first kappa shape index (κ1) is 32.8. The Balaban J connectivity index is 1.45. The molecular formula is C34H42FN5O4. The lowest BCUT2D eigenvalue weighted by Crippen LogP contribution is -2.50. The summed E-state index contributed by atoms with van der Waals surface area (Å²) in [6, 6.07) is 17.2. The van der Waals surface area contributed by atoms with E-state index in [9.17, 15) is 18.8 Å². The normalized spacial score (nSPS) is 16.8. The Bertz CT molecular complexity index is 1400. The quantitative estimate of drug-likeness (QED) is 0.263. The molecule has 0 unspecified atom stereocenters. The summed E-state index contributed by atoms with van der Waals surface area (Å²) in [5.41, 5.74) is 8.58. The monoisotopic (exact) mass is 603 g/mol. The molecule has 3 amide bonds. The fourth-order valence-corrected chi connectivity index (χ4v) is 5.33. The van der Waals surface area contributed by atoms with E-state index in [0.29, 0.717) is 30.8 Å². The van der Waals surface area contributed by atoms with E-state index in [1.807, 2.05) is 49.1 Å². The van der Waals surface area contributed by atoms with Gasteiger partial charge in [0.2, 0.25) is 5.91 Å². The molecule has 4 rings (SSSR count). The van der Waals surface area contributed by atoms with E-state index >= 15 is 0 Å². The zero-order valence-electron chi connectivity index (χ0n) is 25.5. The Morgan fingerprint density at radius 2 is 1.80 bits per heavy atom. The third-order valence-electron chi connectivity index (χ3n) is 7.82. The molecule has 2 aromatic carbocycles. The molecule has 44 heavy (non-hydrogen) atoms. The van der Waals surface area contributed by atoms with Gasteiger partial charge in [-0.25, -0.2) is 4.39 Å². The maximum Gasteiger partial charge on any atom is 0.270 e. The van der Waals surface area contributed by atoms with Gasteiger partial charge in [-0.2, -0.15) is 0 Å². The highest BCUT2D eigenvalue weighted by Gasteiger charge is 2.31. The lowest BCUT2D eigenvalue weighted by molar-refractivity contribution is -0.119. The number of carbonyl (C=O) groups excluding carboxylic acids is 3. The van der Waals surface area contributed by atoms with Gasteiger partial charge in [-0.1, -0.05) is 37.3 Å². The molecule has 1 aliphatic heterocycles. The summed E-state index contributed by atoms with van der Waals surface area (Å²) >= 11 is 0. The molecule has 2 heterocycles. The predicted octanol–water partition coefficient (Wildman–Crippen LogP) is 4.58. The second kappa shape index (κ2) is 15.5. The van der Waals surface area contributed by atoms with Crippen molar-refractivity contribution in [3.05, 3.63) is 95.6 Å². The molecule has 0 bridgehead atoms. The van der Waals surface area contributed by atoms with E-state index in [0.717, 1.165) is 18.4 Å². The third-order valence-corrected chi connectivity index (χ3v) is 7.82. The van der Waals surface area contributed by atoms with E-state index in [2.05, 4.69) is 15.6 Å². The van der Waals surface area contributed by atoms with E-state index < -0.39 is 29.7 Å². The van der Waals surface area contributed by atoms with Crippen molar-refractivity contribution < 1.29 is 23.5 Å². The van der Waals surface area contributed by atoms with Crippen molar-refractivity contribution in [2.75, 3.05) is 18.5 Å². The molecule has 3 aromatic rings. The number of hydrogen-bond acceptors (Lipinski definition) is 6. The van der Waals surface area contributed by atoms with Gasteiger partial charge in [0.15, 0.2) is 0 Å². The molecule has 1 aromatic heterocycles. The summed E-state index contributed by atoms with van der Waals surface area (Å²) in [6.07, 6.45) is 4.03. The summed E-state index contributed by atoms with van der Waals surface area (Å²) in [7, 11) is 0. The minimum atomic E-state index is -0.579. The third kappa shape index (κ3) is 9.17. The van der Waals surface area contributed by atoms with Gasteiger partial charge < -0.3 is 26.0 Å². The fraction of sp³-hybridized carbons (Fsp3) is 0.412. The molecule has 1 saturated heterocycles. The summed E-state index contributed by atoms with van der Waals surface area (Å²) in [5, 5.41) is 5.80. The number of benzene rings is 2. The van der Waals surface area contributed by atoms with Crippen LogP contribution in [0.1, 0.15) is 66.4 Å². The smallest absolute Gasteiger partial charge is 0.270 e. The molecular weight excluding hydrogens is 561 g/mol. The van der Waals surface area contributed by atoms with Crippen molar-refractivity contribution >= 4 is 23.4 Å². The number of hydrogen-bond donors (Lipinski definition) is 3. The van der Waals surface area contributed by atoms with Gasteiger partial charge in [-0.05, 0) is 81.5 Å². The zero-order valence-corrected chi connectivity index (χ0v) is 25.5. The van der Waals surface area contributed by atoms with Gasteiger partial charge in [-0.15, -0.1) is 0 Å². The van der Waals surface area contributed by atoms with E-state index in [4.69, 9.17) is 10.5 Å². The van der Waals surface area contributed by atoms with Crippen molar-refractivity contribution in [2.24, 2.45) is 11.7 Å². The standard InChI is InChI=1S/C34H42FN5O4/c1-22(2)44-21-28-10-7-17-40(28)34(43)25-15-16-37-31(20-25)33(42)39-30(19-24-8-5-4-6-9-24)29(36)18-23(3)32(41)38-27-13-11-26(35)12-14-27/h4-6,8-9,11-16,20,22-23,28-30H,7,10,17-19,21,36H2,1-3H3,(H,38,41)(H,39,42)/t23-,28-,29+,30+/m1/s1. The van der Waals surface area contributed by atoms with Gasteiger partial charge in [0.25, 0.3) is 11.8 Å². The summed E-state index contributed by atoms with van der Waals surface area (Å²) in [5.74, 6) is -1.75. The van der Waals surface area contributed by atoms with Crippen molar-refractivity contribution in [2.45, 2.75) is 70.7 Å². The number of nitrogens with two attached hydrogens (primary N) is 1. The number of carbonyl (C=O) groups is 3. The van der Waals surface area contributed by atoms with Crippen molar-refractivity contribution in [3.8, 4) is 0 Å². The largest absolute Gasteiger partial charge is 0.377 e. The van der Waals surface area contributed by atoms with Crippen LogP contribution >= 0.6 is 0 Å². The summed E-state index contributed by atoms with van der Waals surface area (Å²) in [4.78, 5) is 45.8. The first-order chi connectivity index (χ1) is 21.1. The van der Waals surface area contributed by atoms with Crippen molar-refractivity contribution in [1.82, 2.24) is 15.2 Å². The maximum absolute atomic E-state index is 13.5. The Labute approximate surface area is 258 Å². The highest BCUT2D eigenvalue weighted by molar-refractivity contribution is 5.99. The number of nitrogens with one attached hydrogen (secondary N) is 2. The minimum Gasteiger partial charge on any atom is -0.377 e. The molecule has 0 spiro atoms.